The van der Waals surface area contributed by atoms with Crippen molar-refractivity contribution in [1.82, 2.24) is 0 Å². The number of hydrogen-bond donors (Lipinski definition) is 8. The molecule has 0 unspecified atom stereocenters. The van der Waals surface area contributed by atoms with Gasteiger partial charge in [0.05, 0.1) is 20.9 Å². The van der Waals surface area contributed by atoms with Gasteiger partial charge in [-0.05, 0) is 41.8 Å². The molecule has 0 heterocycles. The first-order chi connectivity index (χ1) is 27.8. The van der Waals surface area contributed by atoms with Gasteiger partial charge in [-0.25, -0.2) is 16.8 Å². The van der Waals surface area contributed by atoms with Crippen molar-refractivity contribution in [2.45, 2.75) is 39.2 Å². The molecule has 0 amide bonds. The van der Waals surface area contributed by atoms with Crippen LogP contribution in [-0.4, -0.2) is 99.8 Å². The first kappa shape index (κ1) is 49.4. The molecule has 36 heteroatoms. The molecule has 0 bridgehead atoms. The number of phenols is 1. The maximum Gasteiger partial charge on any atom is 0.296 e. The lowest BCUT2D eigenvalue weighted by atomic mass is 10.1. The highest BCUT2D eigenvalue weighted by Crippen LogP contribution is 2.49. The quantitative estimate of drug-likeness (QED) is 0.0510. The molecule has 0 aliphatic rings. The number of azo groups is 2. The first-order valence-corrected chi connectivity index (χ1v) is 26.4. The van der Waals surface area contributed by atoms with Crippen molar-refractivity contribution >= 4 is 120 Å². The molecule has 0 fully saturated rings. The Morgan fingerprint density at radius 2 is 0.726 bits per heavy atom. The van der Waals surface area contributed by atoms with Gasteiger partial charge in [0.25, 0.3) is 60.7 Å². The van der Waals surface area contributed by atoms with E-state index in [0.717, 1.165) is 0 Å². The summed E-state index contributed by atoms with van der Waals surface area (Å²) in [5, 5.41) is 22.8. The molecule has 4 aromatic carbocycles. The lowest BCUT2D eigenvalue weighted by Crippen LogP contribution is -2.10. The molecule has 0 radical (unpaired) electrons. The van der Waals surface area contributed by atoms with Gasteiger partial charge >= 0.3 is 0 Å². The van der Waals surface area contributed by atoms with Crippen LogP contribution in [0.4, 0.5) is 28.4 Å². The van der Waals surface area contributed by atoms with E-state index < -0.39 is 165 Å². The number of aromatic hydroxyl groups is 1. The standard InChI is InChI=1S/C26H21N5O23S8/c1-3-55(33,34)16-7-12(14(57(37,38)39)9-18(16)59(43,44)45)28-30-24-20(61(49,50)51)5-11-6-21(62(52,53)54)25(26(32)22(11)23(24)27)31-29-13-8-17(56(35,36)4-2)19(60(46,47)48)10-15(13)58(40,41)42/h3-10,32H,1-2,27H2,(H,37,38,39)(H,40,41,42)(H,43,44,45)(H,46,47,48)(H,49,50,51)(H,52,53,54). The lowest BCUT2D eigenvalue weighted by Gasteiger charge is -2.14. The fourth-order valence-electron chi connectivity index (χ4n) is 4.97. The summed E-state index contributed by atoms with van der Waals surface area (Å²) in [6.07, 6.45) is 0. The van der Waals surface area contributed by atoms with E-state index in [1.807, 2.05) is 0 Å². The van der Waals surface area contributed by atoms with E-state index in [1.54, 1.807) is 0 Å². The molecular weight excluding hydrogens is 1010 g/mol. The van der Waals surface area contributed by atoms with Crippen molar-refractivity contribution in [3.63, 3.8) is 0 Å². The van der Waals surface area contributed by atoms with E-state index >= 15 is 0 Å². The number of anilines is 1. The number of benzene rings is 4. The van der Waals surface area contributed by atoms with Crippen LogP contribution < -0.4 is 5.73 Å². The summed E-state index contributed by atoms with van der Waals surface area (Å²) in [6, 6.07) is 0.395. The Kier molecular flexibility index (Phi) is 12.6. The minimum atomic E-state index is -5.72. The zero-order valence-electron chi connectivity index (χ0n) is 29.3. The Hall–Kier alpha value is -5.22. The van der Waals surface area contributed by atoms with Crippen LogP contribution in [-0.2, 0) is 80.4 Å². The van der Waals surface area contributed by atoms with Crippen molar-refractivity contribution in [2.24, 2.45) is 20.5 Å². The molecule has 0 atom stereocenters. The van der Waals surface area contributed by atoms with Gasteiger partial charge < -0.3 is 10.8 Å². The number of nitrogens with zero attached hydrogens (tertiary/aromatic N) is 4. The summed E-state index contributed by atoms with van der Waals surface area (Å²) in [5.41, 5.74) is -0.861. The molecule has 4 rings (SSSR count). The van der Waals surface area contributed by atoms with Crippen molar-refractivity contribution in [3.05, 3.63) is 60.4 Å². The van der Waals surface area contributed by atoms with E-state index in [9.17, 15) is 99.8 Å². The minimum absolute atomic E-state index is 0.0538. The third kappa shape index (κ3) is 9.86. The largest absolute Gasteiger partial charge is 0.505 e. The van der Waals surface area contributed by atoms with Crippen molar-refractivity contribution in [2.75, 3.05) is 5.73 Å². The van der Waals surface area contributed by atoms with Gasteiger partial charge in [0.15, 0.2) is 5.75 Å². The van der Waals surface area contributed by atoms with Crippen LogP contribution in [0, 0.1) is 0 Å². The van der Waals surface area contributed by atoms with E-state index in [-0.39, 0.29) is 47.2 Å². The van der Waals surface area contributed by atoms with E-state index in [2.05, 4.69) is 33.6 Å². The zero-order valence-corrected chi connectivity index (χ0v) is 35.9. The fourth-order valence-corrected chi connectivity index (χ4v) is 11.8. The summed E-state index contributed by atoms with van der Waals surface area (Å²) in [4.78, 5) is -12.6. The molecule has 0 saturated carbocycles. The van der Waals surface area contributed by atoms with Gasteiger partial charge in [-0.3, -0.25) is 27.3 Å². The summed E-state index contributed by atoms with van der Waals surface area (Å²) >= 11 is 0. The van der Waals surface area contributed by atoms with Gasteiger partial charge in [0.2, 0.25) is 19.7 Å². The SMILES string of the molecule is C=CS(=O)(=O)c1cc(N=Nc2c(S(=O)(=O)O)cc3cc(S(=O)(=O)O)c(N=Nc4cc(S(=O)(=O)C=C)c(S(=O)(=O)O)cc4S(=O)(=O)O)c(O)c3c2N)c(S(=O)(=O)O)cc1S(=O)(=O)O. The number of nitrogens with two attached hydrogens (primary N) is 1. The molecule has 336 valence electrons. The Labute approximate surface area is 348 Å². The first-order valence-electron chi connectivity index (χ1n) is 14.7. The summed E-state index contributed by atoms with van der Waals surface area (Å²) in [7, 11) is -44.1. The van der Waals surface area contributed by atoms with E-state index in [4.69, 9.17) is 5.73 Å². The molecule has 28 nitrogen and oxygen atoms in total. The molecule has 9 N–H and O–H groups in total. The number of rotatable bonds is 14. The van der Waals surface area contributed by atoms with Gasteiger partial charge in [0, 0.05) is 10.8 Å². The third-order valence-corrected chi connectivity index (χ3v) is 15.9. The van der Waals surface area contributed by atoms with Crippen LogP contribution in [0.15, 0.2) is 120 Å². The smallest absolute Gasteiger partial charge is 0.296 e. The molecule has 0 spiro atoms. The van der Waals surface area contributed by atoms with Crippen LogP contribution in [0.3, 0.4) is 0 Å². The lowest BCUT2D eigenvalue weighted by molar-refractivity contribution is 0.471. The topological polar surface area (TPSA) is 490 Å². The maximum absolute atomic E-state index is 12.6. The highest BCUT2D eigenvalue weighted by Gasteiger charge is 2.33. The summed E-state index contributed by atoms with van der Waals surface area (Å²) in [5.74, 6) is -1.62. The second-order valence-corrected chi connectivity index (χ2v) is 23.6. The Morgan fingerprint density at radius 3 is 1.03 bits per heavy atom. The predicted molar refractivity (Wildman–Crippen MR) is 205 cm³/mol. The molecule has 0 aromatic heterocycles. The Morgan fingerprint density at radius 1 is 0.419 bits per heavy atom. The number of fused-ring (bicyclic) bond motifs is 1. The molecular formula is C26H21N5O23S8. The molecule has 0 aliphatic carbocycles. The van der Waals surface area contributed by atoms with Crippen molar-refractivity contribution < 1.29 is 99.8 Å². The summed E-state index contributed by atoms with van der Waals surface area (Å²) < 4.78 is 256. The number of nitrogen functional groups attached to an aromatic ring is 1. The average Bonchev–Trinajstić information content (AvgIpc) is 3.10. The van der Waals surface area contributed by atoms with Crippen LogP contribution in [0.1, 0.15) is 0 Å². The highest BCUT2D eigenvalue weighted by molar-refractivity contribution is 7.95. The normalized spacial score (nSPS) is 13.8. The van der Waals surface area contributed by atoms with Gasteiger partial charge in [-0.2, -0.15) is 50.5 Å². The van der Waals surface area contributed by atoms with Crippen molar-refractivity contribution in [1.29, 1.82) is 0 Å². The predicted octanol–water partition coefficient (Wildman–Crippen LogP) is 2.27. The molecule has 62 heavy (non-hydrogen) atoms. The zero-order chi connectivity index (χ0) is 47.7. The van der Waals surface area contributed by atoms with Crippen LogP contribution in [0.2, 0.25) is 0 Å². The second kappa shape index (κ2) is 15.8. The number of sulfone groups is 2. The second-order valence-electron chi connectivity index (χ2n) is 11.5. The van der Waals surface area contributed by atoms with Gasteiger partial charge in [-0.15, -0.1) is 20.5 Å². The minimum Gasteiger partial charge on any atom is -0.505 e. The highest BCUT2D eigenvalue weighted by atomic mass is 32.2. The Balaban J connectivity index is 2.21. The molecule has 0 aliphatic heterocycles. The average molecular weight is 1030 g/mol. The van der Waals surface area contributed by atoms with Crippen molar-refractivity contribution in [3.8, 4) is 5.75 Å². The fraction of sp³-hybridized carbons (Fsp3) is 0. The number of phenolic OH excluding ortho intramolecular Hbond substituents is 1. The van der Waals surface area contributed by atoms with Gasteiger partial charge in [-0.1, -0.05) is 13.2 Å². The molecule has 0 saturated heterocycles. The van der Waals surface area contributed by atoms with E-state index in [1.165, 1.54) is 0 Å². The summed E-state index contributed by atoms with van der Waals surface area (Å²) in [6.45, 7) is 5.86. The monoisotopic (exact) mass is 1030 g/mol. The van der Waals surface area contributed by atoms with Crippen LogP contribution >= 0.6 is 0 Å². The van der Waals surface area contributed by atoms with Crippen LogP contribution in [0.25, 0.3) is 10.8 Å². The van der Waals surface area contributed by atoms with E-state index in [0.29, 0.717) is 0 Å². The van der Waals surface area contributed by atoms with Crippen LogP contribution in [0.5, 0.6) is 5.75 Å². The third-order valence-electron chi connectivity index (χ3n) is 7.60. The Bertz CT molecular complexity index is 3460. The number of hydrogen-bond acceptors (Lipinski definition) is 22. The maximum atomic E-state index is 12.6. The van der Waals surface area contributed by atoms with Gasteiger partial charge in [0.1, 0.15) is 52.1 Å². The molecule has 4 aromatic rings.